The van der Waals surface area contributed by atoms with E-state index in [-0.39, 0.29) is 0 Å². The van der Waals surface area contributed by atoms with Crippen LogP contribution in [0.1, 0.15) is 12.8 Å². The molecule has 1 aromatic carbocycles. The van der Waals surface area contributed by atoms with Crippen molar-refractivity contribution in [2.75, 3.05) is 30.8 Å². The predicted octanol–water partition coefficient (Wildman–Crippen LogP) is 2.01. The number of nitrogens with two attached hydrogens (primary N) is 1. The standard InChI is InChI=1S/C17H21N5/c1-21-14-5-6-15(21)11-22(10-14)17-8-7-16(19-20-17)12-3-2-4-13(18)9-12/h2-4,7-9,14-15H,5-6,10-11,18H2,1H3. The van der Waals surface area contributed by atoms with E-state index in [0.717, 1.165) is 35.9 Å². The van der Waals surface area contributed by atoms with Crippen LogP contribution in [0.2, 0.25) is 0 Å². The largest absolute Gasteiger partial charge is 0.399 e. The van der Waals surface area contributed by atoms with Crippen LogP contribution in [0.4, 0.5) is 11.5 Å². The van der Waals surface area contributed by atoms with Crippen molar-refractivity contribution in [2.24, 2.45) is 0 Å². The molecule has 2 aromatic rings. The molecular weight excluding hydrogens is 274 g/mol. The lowest BCUT2D eigenvalue weighted by Gasteiger charge is -2.39. The van der Waals surface area contributed by atoms with Gasteiger partial charge in [0.05, 0.1) is 5.69 Å². The molecule has 2 fully saturated rings. The highest BCUT2D eigenvalue weighted by molar-refractivity contribution is 5.64. The van der Waals surface area contributed by atoms with E-state index in [4.69, 9.17) is 5.73 Å². The van der Waals surface area contributed by atoms with E-state index in [1.807, 2.05) is 30.3 Å². The Morgan fingerprint density at radius 3 is 2.45 bits per heavy atom. The Kier molecular flexibility index (Phi) is 3.22. The van der Waals surface area contributed by atoms with Gasteiger partial charge in [0.2, 0.25) is 0 Å². The number of rotatable bonds is 2. The topological polar surface area (TPSA) is 58.3 Å². The highest BCUT2D eigenvalue weighted by Crippen LogP contribution is 2.30. The number of anilines is 2. The summed E-state index contributed by atoms with van der Waals surface area (Å²) in [6.07, 6.45) is 2.60. The Balaban J connectivity index is 1.55. The van der Waals surface area contributed by atoms with Crippen LogP contribution in [0.15, 0.2) is 36.4 Å². The van der Waals surface area contributed by atoms with Crippen LogP contribution in [0, 0.1) is 0 Å². The summed E-state index contributed by atoms with van der Waals surface area (Å²) in [6.45, 7) is 2.11. The van der Waals surface area contributed by atoms with Gasteiger partial charge >= 0.3 is 0 Å². The number of hydrogen-bond acceptors (Lipinski definition) is 5. The van der Waals surface area contributed by atoms with Gasteiger partial charge in [-0.05, 0) is 44.2 Å². The zero-order valence-electron chi connectivity index (χ0n) is 12.8. The maximum absolute atomic E-state index is 5.83. The number of piperazine rings is 1. The average Bonchev–Trinajstić information content (AvgIpc) is 2.76. The molecular formula is C17H21N5. The van der Waals surface area contributed by atoms with Crippen LogP contribution >= 0.6 is 0 Å². The summed E-state index contributed by atoms with van der Waals surface area (Å²) in [4.78, 5) is 4.89. The number of nitrogen functional groups attached to an aromatic ring is 1. The first kappa shape index (κ1) is 13.5. The molecule has 0 spiro atoms. The maximum atomic E-state index is 5.83. The van der Waals surface area contributed by atoms with Crippen LogP contribution in [0.25, 0.3) is 11.3 Å². The minimum atomic E-state index is 0.661. The third-order valence-corrected chi connectivity index (χ3v) is 5.00. The summed E-state index contributed by atoms with van der Waals surface area (Å²) in [5, 5.41) is 8.84. The lowest BCUT2D eigenvalue weighted by Crippen LogP contribution is -2.52. The van der Waals surface area contributed by atoms with Crippen molar-refractivity contribution in [2.45, 2.75) is 24.9 Å². The summed E-state index contributed by atoms with van der Waals surface area (Å²) in [5.41, 5.74) is 8.46. The van der Waals surface area contributed by atoms with Gasteiger partial charge in [0, 0.05) is 36.4 Å². The highest BCUT2D eigenvalue weighted by Gasteiger charge is 2.37. The van der Waals surface area contributed by atoms with Crippen molar-refractivity contribution < 1.29 is 0 Å². The van der Waals surface area contributed by atoms with E-state index in [1.54, 1.807) is 0 Å². The van der Waals surface area contributed by atoms with Crippen LogP contribution in [-0.4, -0.2) is 47.3 Å². The van der Waals surface area contributed by atoms with E-state index in [9.17, 15) is 0 Å². The van der Waals surface area contributed by atoms with Crippen LogP contribution in [0.3, 0.4) is 0 Å². The number of likely N-dealkylation sites (N-methyl/N-ethyl adjacent to an activating group) is 1. The third-order valence-electron chi connectivity index (χ3n) is 5.00. The molecule has 0 amide bonds. The molecule has 0 aliphatic carbocycles. The number of fused-ring (bicyclic) bond motifs is 2. The van der Waals surface area contributed by atoms with Gasteiger partial charge in [-0.15, -0.1) is 10.2 Å². The molecule has 3 heterocycles. The molecule has 0 saturated carbocycles. The fraction of sp³-hybridized carbons (Fsp3) is 0.412. The molecule has 4 rings (SSSR count). The summed E-state index contributed by atoms with van der Waals surface area (Å²) in [6, 6.07) is 13.2. The molecule has 2 N–H and O–H groups in total. The predicted molar refractivity (Wildman–Crippen MR) is 88.7 cm³/mol. The van der Waals surface area contributed by atoms with Crippen molar-refractivity contribution in [1.29, 1.82) is 0 Å². The molecule has 2 atom stereocenters. The summed E-state index contributed by atoms with van der Waals surface area (Å²) in [7, 11) is 2.24. The Morgan fingerprint density at radius 1 is 1.05 bits per heavy atom. The molecule has 2 aliphatic rings. The van der Waals surface area contributed by atoms with E-state index in [1.165, 1.54) is 12.8 Å². The first-order valence-corrected chi connectivity index (χ1v) is 7.87. The SMILES string of the molecule is CN1C2CCC1CN(c1ccc(-c3cccc(N)c3)nn1)C2. The van der Waals surface area contributed by atoms with E-state index < -0.39 is 0 Å². The van der Waals surface area contributed by atoms with Crippen molar-refractivity contribution in [3.63, 3.8) is 0 Å². The first-order valence-electron chi connectivity index (χ1n) is 7.87. The molecule has 5 heteroatoms. The van der Waals surface area contributed by atoms with Gasteiger partial charge in [-0.1, -0.05) is 12.1 Å². The fourth-order valence-corrected chi connectivity index (χ4v) is 3.65. The van der Waals surface area contributed by atoms with Gasteiger partial charge in [-0.3, -0.25) is 4.90 Å². The van der Waals surface area contributed by atoms with E-state index in [2.05, 4.69) is 33.1 Å². The number of aromatic nitrogens is 2. The molecule has 2 bridgehead atoms. The molecule has 5 nitrogen and oxygen atoms in total. The van der Waals surface area contributed by atoms with Crippen LogP contribution in [0.5, 0.6) is 0 Å². The number of benzene rings is 1. The summed E-state index contributed by atoms with van der Waals surface area (Å²) >= 11 is 0. The Labute approximate surface area is 130 Å². The molecule has 22 heavy (non-hydrogen) atoms. The summed E-state index contributed by atoms with van der Waals surface area (Å²) < 4.78 is 0. The number of hydrogen-bond donors (Lipinski definition) is 1. The molecule has 0 radical (unpaired) electrons. The quantitative estimate of drug-likeness (QED) is 0.859. The maximum Gasteiger partial charge on any atom is 0.151 e. The lowest BCUT2D eigenvalue weighted by atomic mass is 10.1. The van der Waals surface area contributed by atoms with Gasteiger partial charge in [-0.25, -0.2) is 0 Å². The monoisotopic (exact) mass is 295 g/mol. The molecule has 1 aromatic heterocycles. The normalized spacial score (nSPS) is 24.7. The van der Waals surface area contributed by atoms with Gasteiger partial charge < -0.3 is 10.6 Å². The minimum Gasteiger partial charge on any atom is -0.399 e. The lowest BCUT2D eigenvalue weighted by molar-refractivity contribution is 0.211. The van der Waals surface area contributed by atoms with Crippen molar-refractivity contribution in [3.05, 3.63) is 36.4 Å². The zero-order valence-corrected chi connectivity index (χ0v) is 12.8. The molecule has 2 aliphatic heterocycles. The highest BCUT2D eigenvalue weighted by atomic mass is 15.3. The smallest absolute Gasteiger partial charge is 0.151 e. The van der Waals surface area contributed by atoms with Gasteiger partial charge in [0.25, 0.3) is 0 Å². The van der Waals surface area contributed by atoms with E-state index >= 15 is 0 Å². The van der Waals surface area contributed by atoms with E-state index in [0.29, 0.717) is 12.1 Å². The van der Waals surface area contributed by atoms with Crippen molar-refractivity contribution in [3.8, 4) is 11.3 Å². The second-order valence-corrected chi connectivity index (χ2v) is 6.36. The second-order valence-electron chi connectivity index (χ2n) is 6.36. The molecule has 2 saturated heterocycles. The Bertz CT molecular complexity index is 655. The van der Waals surface area contributed by atoms with Crippen molar-refractivity contribution in [1.82, 2.24) is 15.1 Å². The molecule has 2 unspecified atom stereocenters. The Morgan fingerprint density at radius 2 is 1.82 bits per heavy atom. The van der Waals surface area contributed by atoms with Crippen molar-refractivity contribution >= 4 is 11.5 Å². The molecule has 114 valence electrons. The summed E-state index contributed by atoms with van der Waals surface area (Å²) in [5.74, 6) is 0.984. The number of nitrogens with zero attached hydrogens (tertiary/aromatic N) is 4. The van der Waals surface area contributed by atoms with Crippen LogP contribution in [-0.2, 0) is 0 Å². The van der Waals surface area contributed by atoms with Gasteiger partial charge in [-0.2, -0.15) is 0 Å². The van der Waals surface area contributed by atoms with Gasteiger partial charge in [0.1, 0.15) is 0 Å². The van der Waals surface area contributed by atoms with Crippen LogP contribution < -0.4 is 10.6 Å². The minimum absolute atomic E-state index is 0.661. The second kappa shape index (κ2) is 5.25. The Hall–Kier alpha value is -2.14. The van der Waals surface area contributed by atoms with Gasteiger partial charge in [0.15, 0.2) is 5.82 Å². The average molecular weight is 295 g/mol. The first-order chi connectivity index (χ1) is 10.7. The third kappa shape index (κ3) is 2.31. The zero-order chi connectivity index (χ0) is 15.1. The fourth-order valence-electron chi connectivity index (χ4n) is 3.65.